The zero-order valence-corrected chi connectivity index (χ0v) is 15.9. The zero-order valence-electron chi connectivity index (χ0n) is 15.9. The standard InChI is InChI=1S/C19H24N6O3/c1-2-25-17-14(10-21-25)16(22-13-4-7-26-8-5-13)15(9-20-17)19-24-23-18(28-19)12-3-6-27-11-12/h9-10,12-13H,2-8,11H2,1H3,(H,20,22). The van der Waals surface area contributed by atoms with Crippen LogP contribution in [0.4, 0.5) is 5.69 Å². The van der Waals surface area contributed by atoms with Crippen molar-refractivity contribution in [3.8, 4) is 11.5 Å². The van der Waals surface area contributed by atoms with Crippen molar-refractivity contribution in [1.82, 2.24) is 25.0 Å². The smallest absolute Gasteiger partial charge is 0.251 e. The second-order valence-electron chi connectivity index (χ2n) is 7.28. The van der Waals surface area contributed by atoms with Crippen molar-refractivity contribution in [3.05, 3.63) is 18.3 Å². The molecule has 2 aliphatic rings. The van der Waals surface area contributed by atoms with Crippen molar-refractivity contribution in [3.63, 3.8) is 0 Å². The van der Waals surface area contributed by atoms with Gasteiger partial charge < -0.3 is 19.2 Å². The summed E-state index contributed by atoms with van der Waals surface area (Å²) >= 11 is 0. The number of rotatable bonds is 5. The van der Waals surface area contributed by atoms with Crippen molar-refractivity contribution in [2.45, 2.75) is 44.7 Å². The zero-order chi connectivity index (χ0) is 18.9. The van der Waals surface area contributed by atoms with Gasteiger partial charge in [0.1, 0.15) is 0 Å². The number of aryl methyl sites for hydroxylation is 1. The van der Waals surface area contributed by atoms with Crippen LogP contribution < -0.4 is 5.32 Å². The molecule has 9 heteroatoms. The first-order valence-corrected chi connectivity index (χ1v) is 9.93. The number of hydrogen-bond acceptors (Lipinski definition) is 8. The van der Waals surface area contributed by atoms with E-state index in [9.17, 15) is 0 Å². The molecule has 2 fully saturated rings. The Morgan fingerprint density at radius 2 is 1.96 bits per heavy atom. The fourth-order valence-electron chi connectivity index (χ4n) is 3.86. The third-order valence-corrected chi connectivity index (χ3v) is 5.49. The molecule has 0 aromatic carbocycles. The molecule has 0 spiro atoms. The van der Waals surface area contributed by atoms with Gasteiger partial charge in [0.25, 0.3) is 5.89 Å². The van der Waals surface area contributed by atoms with Crippen molar-refractivity contribution >= 4 is 16.7 Å². The van der Waals surface area contributed by atoms with E-state index >= 15 is 0 Å². The van der Waals surface area contributed by atoms with Gasteiger partial charge in [0.05, 0.1) is 35.4 Å². The van der Waals surface area contributed by atoms with Crippen molar-refractivity contribution in [2.75, 3.05) is 31.7 Å². The molecule has 9 nitrogen and oxygen atoms in total. The van der Waals surface area contributed by atoms with Gasteiger partial charge >= 0.3 is 0 Å². The summed E-state index contributed by atoms with van der Waals surface area (Å²) in [6.07, 6.45) is 6.49. The number of pyridine rings is 1. The maximum atomic E-state index is 6.03. The summed E-state index contributed by atoms with van der Waals surface area (Å²) in [6.45, 7) is 5.72. The molecule has 2 aliphatic heterocycles. The number of anilines is 1. The molecule has 1 atom stereocenters. The predicted molar refractivity (Wildman–Crippen MR) is 102 cm³/mol. The van der Waals surface area contributed by atoms with Crippen LogP contribution in [0.1, 0.15) is 38.0 Å². The summed E-state index contributed by atoms with van der Waals surface area (Å²) in [5.74, 6) is 1.29. The molecule has 3 aromatic heterocycles. The monoisotopic (exact) mass is 384 g/mol. The summed E-state index contributed by atoms with van der Waals surface area (Å²) in [6, 6.07) is 0.328. The van der Waals surface area contributed by atoms with Crippen molar-refractivity contribution < 1.29 is 13.9 Å². The topological polar surface area (TPSA) is 100 Å². The minimum Gasteiger partial charge on any atom is -0.420 e. The predicted octanol–water partition coefficient (Wildman–Crippen LogP) is 2.60. The summed E-state index contributed by atoms with van der Waals surface area (Å²) < 4.78 is 18.9. The highest BCUT2D eigenvalue weighted by Gasteiger charge is 2.26. The first kappa shape index (κ1) is 17.6. The van der Waals surface area contributed by atoms with Gasteiger partial charge in [-0.15, -0.1) is 10.2 Å². The molecule has 0 saturated carbocycles. The highest BCUT2D eigenvalue weighted by molar-refractivity contribution is 5.96. The molecule has 2 saturated heterocycles. The maximum absolute atomic E-state index is 6.03. The molecule has 1 unspecified atom stereocenters. The van der Waals surface area contributed by atoms with E-state index in [-0.39, 0.29) is 5.92 Å². The highest BCUT2D eigenvalue weighted by Crippen LogP contribution is 2.35. The molecular weight excluding hydrogens is 360 g/mol. The van der Waals surface area contributed by atoms with E-state index in [4.69, 9.17) is 13.9 Å². The SMILES string of the molecule is CCn1ncc2c(NC3CCOCC3)c(-c3nnc(C4CCOC4)o3)cnc21. The fourth-order valence-corrected chi connectivity index (χ4v) is 3.86. The minimum absolute atomic E-state index is 0.174. The van der Waals surface area contributed by atoms with Gasteiger partial charge in [0.15, 0.2) is 5.65 Å². The van der Waals surface area contributed by atoms with Crippen LogP contribution in [0, 0.1) is 0 Å². The Morgan fingerprint density at radius 1 is 1.11 bits per heavy atom. The minimum atomic E-state index is 0.174. The number of nitrogens with zero attached hydrogens (tertiary/aromatic N) is 5. The van der Waals surface area contributed by atoms with Crippen LogP contribution in [0.2, 0.25) is 0 Å². The maximum Gasteiger partial charge on any atom is 0.251 e. The van der Waals surface area contributed by atoms with E-state index in [0.29, 0.717) is 24.4 Å². The van der Waals surface area contributed by atoms with Gasteiger partial charge in [-0.1, -0.05) is 0 Å². The Hall–Kier alpha value is -2.52. The number of fused-ring (bicyclic) bond motifs is 1. The lowest BCUT2D eigenvalue weighted by Crippen LogP contribution is -2.28. The molecule has 5 heterocycles. The molecular formula is C19H24N6O3. The van der Waals surface area contributed by atoms with Gasteiger partial charge in [-0.05, 0) is 26.2 Å². The number of ether oxygens (including phenoxy) is 2. The molecule has 1 N–H and O–H groups in total. The first-order chi connectivity index (χ1) is 13.8. The lowest BCUT2D eigenvalue weighted by Gasteiger charge is -2.25. The third kappa shape index (κ3) is 3.14. The van der Waals surface area contributed by atoms with Gasteiger partial charge in [-0.25, -0.2) is 9.67 Å². The summed E-state index contributed by atoms with van der Waals surface area (Å²) in [5.41, 5.74) is 2.62. The molecule has 0 radical (unpaired) electrons. The summed E-state index contributed by atoms with van der Waals surface area (Å²) in [4.78, 5) is 4.63. The fraction of sp³-hybridized carbons (Fsp3) is 0.579. The Kier molecular flexibility index (Phi) is 4.69. The van der Waals surface area contributed by atoms with Crippen molar-refractivity contribution in [2.24, 2.45) is 0 Å². The largest absolute Gasteiger partial charge is 0.420 e. The van der Waals surface area contributed by atoms with Gasteiger partial charge in [-0.2, -0.15) is 5.10 Å². The highest BCUT2D eigenvalue weighted by atomic mass is 16.5. The Bertz CT molecular complexity index is 956. The molecule has 5 rings (SSSR count). The molecule has 3 aromatic rings. The van der Waals surface area contributed by atoms with Crippen LogP contribution in [0.5, 0.6) is 0 Å². The van der Waals surface area contributed by atoms with E-state index in [1.807, 2.05) is 10.9 Å². The van der Waals surface area contributed by atoms with Crippen molar-refractivity contribution in [1.29, 1.82) is 0 Å². The molecule has 0 aliphatic carbocycles. The van der Waals surface area contributed by atoms with Crippen LogP contribution in [0.25, 0.3) is 22.5 Å². The Morgan fingerprint density at radius 3 is 2.75 bits per heavy atom. The summed E-state index contributed by atoms with van der Waals surface area (Å²) in [5, 5.41) is 17.7. The van der Waals surface area contributed by atoms with E-state index < -0.39 is 0 Å². The average molecular weight is 384 g/mol. The van der Waals surface area contributed by atoms with Crippen LogP contribution in [0.15, 0.2) is 16.8 Å². The quantitative estimate of drug-likeness (QED) is 0.716. The van der Waals surface area contributed by atoms with Crippen LogP contribution >= 0.6 is 0 Å². The number of hydrogen-bond donors (Lipinski definition) is 1. The molecule has 0 bridgehead atoms. The Balaban J connectivity index is 1.56. The lowest BCUT2D eigenvalue weighted by molar-refractivity contribution is 0.0905. The van der Waals surface area contributed by atoms with Crippen LogP contribution in [-0.4, -0.2) is 57.4 Å². The second kappa shape index (κ2) is 7.48. The van der Waals surface area contributed by atoms with E-state index in [1.54, 1.807) is 6.20 Å². The van der Waals surface area contributed by atoms with Crippen LogP contribution in [0.3, 0.4) is 0 Å². The average Bonchev–Trinajstić information content (AvgIpc) is 3.48. The van der Waals surface area contributed by atoms with E-state index in [2.05, 4.69) is 32.5 Å². The normalized spacial score (nSPS) is 20.8. The van der Waals surface area contributed by atoms with Gasteiger partial charge in [0.2, 0.25) is 5.89 Å². The first-order valence-electron chi connectivity index (χ1n) is 9.93. The number of nitrogens with one attached hydrogen (secondary N) is 1. The second-order valence-corrected chi connectivity index (χ2v) is 7.28. The lowest BCUT2D eigenvalue weighted by atomic mass is 10.1. The van der Waals surface area contributed by atoms with Crippen LogP contribution in [-0.2, 0) is 16.0 Å². The van der Waals surface area contributed by atoms with E-state index in [0.717, 1.165) is 67.9 Å². The molecule has 148 valence electrons. The number of aromatic nitrogens is 5. The van der Waals surface area contributed by atoms with Gasteiger partial charge in [0, 0.05) is 38.6 Å². The van der Waals surface area contributed by atoms with E-state index in [1.165, 1.54) is 0 Å². The molecule has 0 amide bonds. The third-order valence-electron chi connectivity index (χ3n) is 5.49. The van der Waals surface area contributed by atoms with Gasteiger partial charge in [-0.3, -0.25) is 0 Å². The summed E-state index contributed by atoms with van der Waals surface area (Å²) in [7, 11) is 0. The Labute approximate surface area is 162 Å². The molecule has 28 heavy (non-hydrogen) atoms.